The molecule has 134 valence electrons. The maximum absolute atomic E-state index is 10.8. The average molecular weight is 333 g/mol. The highest BCUT2D eigenvalue weighted by atomic mass is 16.5. The Balaban J connectivity index is 1.48. The van der Waals surface area contributed by atoms with Gasteiger partial charge in [0.15, 0.2) is 0 Å². The molecule has 24 heavy (non-hydrogen) atoms. The maximum Gasteiger partial charge on any atom is 0.128 e. The third-order valence-corrected chi connectivity index (χ3v) is 5.88. The number of pyridine rings is 1. The monoisotopic (exact) mass is 333 g/mol. The van der Waals surface area contributed by atoms with E-state index in [2.05, 4.69) is 41.2 Å². The van der Waals surface area contributed by atoms with E-state index in [0.29, 0.717) is 19.6 Å². The van der Waals surface area contributed by atoms with Crippen molar-refractivity contribution >= 4 is 5.82 Å². The molecule has 5 nitrogen and oxygen atoms in total. The fourth-order valence-electron chi connectivity index (χ4n) is 3.83. The van der Waals surface area contributed by atoms with Crippen LogP contribution in [-0.2, 0) is 11.3 Å². The van der Waals surface area contributed by atoms with Crippen molar-refractivity contribution in [2.24, 2.45) is 5.41 Å². The summed E-state index contributed by atoms with van der Waals surface area (Å²) < 4.78 is 5.71. The lowest BCUT2D eigenvalue weighted by molar-refractivity contribution is -0.238. The molecular formula is C19H31N3O2. The summed E-state index contributed by atoms with van der Waals surface area (Å²) in [6.45, 7) is 10.4. The summed E-state index contributed by atoms with van der Waals surface area (Å²) >= 11 is 0. The molecule has 1 aliphatic carbocycles. The van der Waals surface area contributed by atoms with Gasteiger partial charge in [0.1, 0.15) is 5.82 Å². The van der Waals surface area contributed by atoms with Gasteiger partial charge in [-0.05, 0) is 31.4 Å². The molecular weight excluding hydrogens is 302 g/mol. The third kappa shape index (κ3) is 3.30. The number of nitrogens with zero attached hydrogens (tertiary/aromatic N) is 2. The van der Waals surface area contributed by atoms with E-state index in [1.807, 2.05) is 13.1 Å². The summed E-state index contributed by atoms with van der Waals surface area (Å²) in [4.78, 5) is 6.92. The number of anilines is 1. The summed E-state index contributed by atoms with van der Waals surface area (Å²) in [5.41, 5.74) is 0.240. The SMILES string of the molecule is CCO[C@@H]1C[C@](O)(CNCc2ccc(N3CCCC3)nc2)C1(C)C. The molecule has 0 spiro atoms. The third-order valence-electron chi connectivity index (χ3n) is 5.88. The highest BCUT2D eigenvalue weighted by Crippen LogP contribution is 2.50. The first-order chi connectivity index (χ1) is 11.5. The lowest BCUT2D eigenvalue weighted by Crippen LogP contribution is -2.68. The van der Waals surface area contributed by atoms with Gasteiger partial charge < -0.3 is 20.1 Å². The Kier molecular flexibility index (Phi) is 5.13. The molecule has 0 unspecified atom stereocenters. The van der Waals surface area contributed by atoms with Crippen molar-refractivity contribution in [2.45, 2.75) is 58.3 Å². The predicted molar refractivity (Wildman–Crippen MR) is 96.2 cm³/mol. The van der Waals surface area contributed by atoms with E-state index in [4.69, 9.17) is 4.74 Å². The van der Waals surface area contributed by atoms with Crippen molar-refractivity contribution in [3.63, 3.8) is 0 Å². The van der Waals surface area contributed by atoms with Gasteiger partial charge in [0, 0.05) is 50.8 Å². The van der Waals surface area contributed by atoms with Crippen LogP contribution in [0, 0.1) is 5.41 Å². The molecule has 1 saturated carbocycles. The molecule has 2 atom stereocenters. The van der Waals surface area contributed by atoms with Crippen LogP contribution in [0.1, 0.15) is 45.6 Å². The Bertz CT molecular complexity index is 540. The summed E-state index contributed by atoms with van der Waals surface area (Å²) in [5.74, 6) is 1.08. The second-order valence-corrected chi connectivity index (χ2v) is 7.72. The van der Waals surface area contributed by atoms with E-state index >= 15 is 0 Å². The summed E-state index contributed by atoms with van der Waals surface area (Å²) in [6, 6.07) is 4.24. The van der Waals surface area contributed by atoms with Gasteiger partial charge in [-0.15, -0.1) is 0 Å². The number of aromatic nitrogens is 1. The number of rotatable bonds is 7. The Labute approximate surface area is 145 Å². The molecule has 3 rings (SSSR count). The van der Waals surface area contributed by atoms with Crippen LogP contribution in [0.4, 0.5) is 5.82 Å². The standard InChI is InChI=1S/C19H31N3O2/c1-4-24-16-11-19(23,18(16,2)3)14-20-12-15-7-8-17(21-13-15)22-9-5-6-10-22/h7-8,13,16,20,23H,4-6,9-12,14H2,1-3H3/t16-,19+/m1/s1. The molecule has 1 saturated heterocycles. The van der Waals surface area contributed by atoms with Gasteiger partial charge in [0.25, 0.3) is 0 Å². The highest BCUT2D eigenvalue weighted by molar-refractivity contribution is 5.40. The second kappa shape index (κ2) is 6.98. The molecule has 1 aliphatic heterocycles. The Morgan fingerprint density at radius 2 is 2.08 bits per heavy atom. The maximum atomic E-state index is 10.8. The zero-order valence-electron chi connectivity index (χ0n) is 15.2. The van der Waals surface area contributed by atoms with Gasteiger partial charge in [-0.25, -0.2) is 4.98 Å². The molecule has 2 aliphatic rings. The van der Waals surface area contributed by atoms with Gasteiger partial charge in [0.05, 0.1) is 11.7 Å². The highest BCUT2D eigenvalue weighted by Gasteiger charge is 2.59. The summed E-state index contributed by atoms with van der Waals surface area (Å²) in [6.07, 6.45) is 5.33. The fraction of sp³-hybridized carbons (Fsp3) is 0.737. The summed E-state index contributed by atoms with van der Waals surface area (Å²) in [7, 11) is 0. The van der Waals surface area contributed by atoms with Crippen molar-refractivity contribution < 1.29 is 9.84 Å². The van der Waals surface area contributed by atoms with Crippen LogP contribution in [0.3, 0.4) is 0 Å². The zero-order chi connectivity index (χ0) is 17.2. The van der Waals surface area contributed by atoms with Crippen LogP contribution < -0.4 is 10.2 Å². The minimum Gasteiger partial charge on any atom is -0.388 e. The number of aliphatic hydroxyl groups is 1. The molecule has 0 radical (unpaired) electrons. The number of hydrogen-bond donors (Lipinski definition) is 2. The molecule has 0 bridgehead atoms. The number of hydrogen-bond acceptors (Lipinski definition) is 5. The quantitative estimate of drug-likeness (QED) is 0.802. The van der Waals surface area contributed by atoms with Crippen LogP contribution in [-0.4, -0.2) is 48.0 Å². The lowest BCUT2D eigenvalue weighted by Gasteiger charge is -2.58. The van der Waals surface area contributed by atoms with Crippen molar-refractivity contribution in [3.8, 4) is 0 Å². The first kappa shape index (κ1) is 17.6. The largest absolute Gasteiger partial charge is 0.388 e. The molecule has 2 heterocycles. The first-order valence-corrected chi connectivity index (χ1v) is 9.21. The van der Waals surface area contributed by atoms with Gasteiger partial charge >= 0.3 is 0 Å². The normalized spacial score (nSPS) is 28.8. The molecule has 1 aromatic heterocycles. The van der Waals surface area contributed by atoms with Crippen LogP contribution in [0.15, 0.2) is 18.3 Å². The molecule has 5 heteroatoms. The van der Waals surface area contributed by atoms with Crippen molar-refractivity contribution in [1.82, 2.24) is 10.3 Å². The molecule has 0 aromatic carbocycles. The molecule has 2 fully saturated rings. The van der Waals surface area contributed by atoms with Gasteiger partial charge in [0.2, 0.25) is 0 Å². The van der Waals surface area contributed by atoms with Crippen LogP contribution >= 0.6 is 0 Å². The lowest BCUT2D eigenvalue weighted by atomic mass is 9.56. The minimum absolute atomic E-state index is 0.149. The Morgan fingerprint density at radius 1 is 1.33 bits per heavy atom. The van der Waals surface area contributed by atoms with Crippen molar-refractivity contribution in [2.75, 3.05) is 31.1 Å². The van der Waals surface area contributed by atoms with Gasteiger partial charge in [-0.2, -0.15) is 0 Å². The number of ether oxygens (including phenoxy) is 1. The van der Waals surface area contributed by atoms with E-state index in [1.54, 1.807) is 0 Å². The van der Waals surface area contributed by atoms with Crippen LogP contribution in [0.25, 0.3) is 0 Å². The van der Waals surface area contributed by atoms with Crippen LogP contribution in [0.2, 0.25) is 0 Å². The van der Waals surface area contributed by atoms with E-state index < -0.39 is 5.60 Å². The van der Waals surface area contributed by atoms with E-state index in [0.717, 1.165) is 31.0 Å². The first-order valence-electron chi connectivity index (χ1n) is 9.21. The van der Waals surface area contributed by atoms with Gasteiger partial charge in [-0.3, -0.25) is 0 Å². The van der Waals surface area contributed by atoms with Gasteiger partial charge in [-0.1, -0.05) is 19.9 Å². The summed E-state index contributed by atoms with van der Waals surface area (Å²) in [5, 5.41) is 14.2. The zero-order valence-corrected chi connectivity index (χ0v) is 15.2. The predicted octanol–water partition coefficient (Wildman–Crippen LogP) is 2.34. The number of nitrogens with one attached hydrogen (secondary N) is 1. The van der Waals surface area contributed by atoms with E-state index in [1.165, 1.54) is 12.8 Å². The topological polar surface area (TPSA) is 57.6 Å². The molecule has 0 amide bonds. The second-order valence-electron chi connectivity index (χ2n) is 7.72. The van der Waals surface area contributed by atoms with Crippen molar-refractivity contribution in [1.29, 1.82) is 0 Å². The van der Waals surface area contributed by atoms with Crippen molar-refractivity contribution in [3.05, 3.63) is 23.9 Å². The molecule has 2 N–H and O–H groups in total. The minimum atomic E-state index is -0.699. The molecule has 1 aromatic rings. The van der Waals surface area contributed by atoms with E-state index in [9.17, 15) is 5.11 Å². The fourth-order valence-corrected chi connectivity index (χ4v) is 3.83. The van der Waals surface area contributed by atoms with Crippen LogP contribution in [0.5, 0.6) is 0 Å². The Hall–Kier alpha value is -1.17. The smallest absolute Gasteiger partial charge is 0.128 e. The average Bonchev–Trinajstić information content (AvgIpc) is 3.10. The van der Waals surface area contributed by atoms with E-state index in [-0.39, 0.29) is 11.5 Å². The Morgan fingerprint density at radius 3 is 2.67 bits per heavy atom.